The van der Waals surface area contributed by atoms with Gasteiger partial charge in [-0.3, -0.25) is 5.32 Å². The van der Waals surface area contributed by atoms with Crippen LogP contribution in [0.3, 0.4) is 0 Å². The summed E-state index contributed by atoms with van der Waals surface area (Å²) in [6.07, 6.45) is -0.467. The zero-order valence-electron chi connectivity index (χ0n) is 10.7. The van der Waals surface area contributed by atoms with Gasteiger partial charge in [0.05, 0.1) is 12.3 Å². The minimum atomic E-state index is -0.467. The van der Waals surface area contributed by atoms with Crippen molar-refractivity contribution in [2.24, 2.45) is 0 Å². The van der Waals surface area contributed by atoms with Crippen LogP contribution in [0.4, 0.5) is 10.5 Å². The van der Waals surface area contributed by atoms with Gasteiger partial charge < -0.3 is 9.72 Å². The second-order valence-electron chi connectivity index (χ2n) is 3.91. The summed E-state index contributed by atoms with van der Waals surface area (Å²) in [4.78, 5) is 18.4. The summed E-state index contributed by atoms with van der Waals surface area (Å²) in [5.41, 5.74) is 2.33. The Bertz CT molecular complexity index is 578. The van der Waals surface area contributed by atoms with Crippen LogP contribution in [-0.2, 0) is 4.74 Å². The molecule has 2 N–H and O–H groups in total. The summed E-state index contributed by atoms with van der Waals surface area (Å²) in [6.45, 7) is 3.93. The maximum atomic E-state index is 11.3. The van der Waals surface area contributed by atoms with Gasteiger partial charge in [0.2, 0.25) is 0 Å². The van der Waals surface area contributed by atoms with E-state index in [4.69, 9.17) is 16.3 Å². The summed E-state index contributed by atoms with van der Waals surface area (Å²) in [5.74, 6) is 0.758. The largest absolute Gasteiger partial charge is 0.450 e. The molecule has 0 unspecified atom stereocenters. The Kier molecular flexibility index (Phi) is 4.06. The second kappa shape index (κ2) is 5.75. The first kappa shape index (κ1) is 13.4. The molecule has 0 spiro atoms. The van der Waals surface area contributed by atoms with Crippen LogP contribution in [0.25, 0.3) is 11.3 Å². The van der Waals surface area contributed by atoms with E-state index in [1.165, 1.54) is 0 Å². The third-order valence-electron chi connectivity index (χ3n) is 2.47. The number of hydrogen-bond donors (Lipinski definition) is 2. The highest BCUT2D eigenvalue weighted by atomic mass is 35.5. The Labute approximate surface area is 116 Å². The number of anilines is 1. The smallest absolute Gasteiger partial charge is 0.411 e. The summed E-state index contributed by atoms with van der Waals surface area (Å²) < 4.78 is 4.80. The number of nitrogens with one attached hydrogen (secondary N) is 2. The first-order valence-electron chi connectivity index (χ1n) is 5.86. The van der Waals surface area contributed by atoms with Gasteiger partial charge in [0.1, 0.15) is 5.82 Å². The highest BCUT2D eigenvalue weighted by Crippen LogP contribution is 2.26. The van der Waals surface area contributed by atoms with Crippen LogP contribution in [0.2, 0.25) is 5.15 Å². The number of aryl methyl sites for hydroxylation is 1. The predicted octanol–water partition coefficient (Wildman–Crippen LogP) is 3.61. The van der Waals surface area contributed by atoms with E-state index in [1.807, 2.05) is 19.1 Å². The number of ether oxygens (including phenoxy) is 1. The van der Waals surface area contributed by atoms with Crippen molar-refractivity contribution in [1.29, 1.82) is 0 Å². The van der Waals surface area contributed by atoms with E-state index in [2.05, 4.69) is 15.3 Å². The van der Waals surface area contributed by atoms with Crippen LogP contribution in [0.1, 0.15) is 12.7 Å². The molecule has 0 saturated carbocycles. The third kappa shape index (κ3) is 3.26. The molecular weight excluding hydrogens is 266 g/mol. The minimum absolute atomic E-state index is 0.340. The quantitative estimate of drug-likeness (QED) is 0.902. The number of carbonyl (C=O) groups excluding carboxylic acids is 1. The van der Waals surface area contributed by atoms with Crippen molar-refractivity contribution in [1.82, 2.24) is 9.97 Å². The van der Waals surface area contributed by atoms with Gasteiger partial charge in [0.25, 0.3) is 0 Å². The van der Waals surface area contributed by atoms with Crippen LogP contribution in [0.15, 0.2) is 24.3 Å². The van der Waals surface area contributed by atoms with Crippen molar-refractivity contribution < 1.29 is 9.53 Å². The number of benzene rings is 1. The number of halogens is 1. The molecule has 1 heterocycles. The molecule has 0 aliphatic rings. The topological polar surface area (TPSA) is 67.0 Å². The number of aromatic amines is 1. The maximum Gasteiger partial charge on any atom is 0.411 e. The summed E-state index contributed by atoms with van der Waals surface area (Å²) in [5, 5.41) is 3.06. The fourth-order valence-corrected chi connectivity index (χ4v) is 1.94. The van der Waals surface area contributed by atoms with Gasteiger partial charge in [-0.05, 0) is 26.0 Å². The molecule has 0 saturated heterocycles. The monoisotopic (exact) mass is 279 g/mol. The molecule has 2 aromatic rings. The normalized spacial score (nSPS) is 10.3. The lowest BCUT2D eigenvalue weighted by Crippen LogP contribution is -2.13. The molecule has 0 radical (unpaired) electrons. The minimum Gasteiger partial charge on any atom is -0.450 e. The first-order valence-corrected chi connectivity index (χ1v) is 6.24. The molecule has 6 heteroatoms. The summed E-state index contributed by atoms with van der Waals surface area (Å²) >= 11 is 6.01. The Morgan fingerprint density at radius 2 is 2.11 bits per heavy atom. The molecular formula is C13H14ClN3O2. The number of rotatable bonds is 3. The van der Waals surface area contributed by atoms with E-state index < -0.39 is 6.09 Å². The molecule has 100 valence electrons. The molecule has 19 heavy (non-hydrogen) atoms. The standard InChI is InChI=1S/C13H14ClN3O2/c1-3-19-13(18)17-10-6-4-9(5-7-10)11-12(14)16-8(2)15-11/h4-7H,3H2,1-2H3,(H,15,16)(H,17,18). The number of nitrogens with zero attached hydrogens (tertiary/aromatic N) is 1. The van der Waals surface area contributed by atoms with Gasteiger partial charge in [0.15, 0.2) is 5.15 Å². The molecule has 0 fully saturated rings. The average Bonchev–Trinajstić information content (AvgIpc) is 2.70. The third-order valence-corrected chi connectivity index (χ3v) is 2.75. The van der Waals surface area contributed by atoms with E-state index in [-0.39, 0.29) is 0 Å². The maximum absolute atomic E-state index is 11.3. The van der Waals surface area contributed by atoms with Gasteiger partial charge >= 0.3 is 6.09 Å². The number of aromatic nitrogens is 2. The number of carbonyl (C=O) groups is 1. The SMILES string of the molecule is CCOC(=O)Nc1ccc(-c2[nH]c(C)nc2Cl)cc1. The zero-order chi connectivity index (χ0) is 13.8. The highest BCUT2D eigenvalue weighted by molar-refractivity contribution is 6.31. The Morgan fingerprint density at radius 1 is 1.42 bits per heavy atom. The second-order valence-corrected chi connectivity index (χ2v) is 4.27. The molecule has 1 amide bonds. The lowest BCUT2D eigenvalue weighted by molar-refractivity contribution is 0.168. The Balaban J connectivity index is 2.14. The average molecular weight is 280 g/mol. The van der Waals surface area contributed by atoms with Crippen molar-refractivity contribution in [3.8, 4) is 11.3 Å². The number of amides is 1. The fourth-order valence-electron chi connectivity index (χ4n) is 1.66. The molecule has 2 rings (SSSR count). The molecule has 1 aromatic heterocycles. The van der Waals surface area contributed by atoms with Crippen molar-refractivity contribution in [3.05, 3.63) is 35.2 Å². The lowest BCUT2D eigenvalue weighted by Gasteiger charge is -2.06. The number of hydrogen-bond acceptors (Lipinski definition) is 3. The van der Waals surface area contributed by atoms with E-state index in [0.717, 1.165) is 17.1 Å². The molecule has 0 aliphatic heterocycles. The van der Waals surface area contributed by atoms with Crippen molar-refractivity contribution in [2.75, 3.05) is 11.9 Å². The number of H-pyrrole nitrogens is 1. The fraction of sp³-hybridized carbons (Fsp3) is 0.231. The van der Waals surface area contributed by atoms with Crippen LogP contribution in [0, 0.1) is 6.92 Å². The predicted molar refractivity (Wildman–Crippen MR) is 74.4 cm³/mol. The highest BCUT2D eigenvalue weighted by Gasteiger charge is 2.08. The number of imidazole rings is 1. The molecule has 0 atom stereocenters. The van der Waals surface area contributed by atoms with Crippen LogP contribution < -0.4 is 5.32 Å². The van der Waals surface area contributed by atoms with Gasteiger partial charge in [-0.1, -0.05) is 23.7 Å². The van der Waals surface area contributed by atoms with Gasteiger partial charge in [-0.2, -0.15) is 0 Å². The molecule has 1 aromatic carbocycles. The van der Waals surface area contributed by atoms with Crippen molar-refractivity contribution in [3.63, 3.8) is 0 Å². The van der Waals surface area contributed by atoms with Crippen LogP contribution >= 0.6 is 11.6 Å². The Morgan fingerprint density at radius 3 is 2.63 bits per heavy atom. The first-order chi connectivity index (χ1) is 9.10. The summed E-state index contributed by atoms with van der Waals surface area (Å²) in [7, 11) is 0. The molecule has 0 aliphatic carbocycles. The van der Waals surface area contributed by atoms with Gasteiger partial charge in [0, 0.05) is 11.3 Å². The van der Waals surface area contributed by atoms with E-state index in [0.29, 0.717) is 17.4 Å². The van der Waals surface area contributed by atoms with E-state index in [9.17, 15) is 4.79 Å². The molecule has 0 bridgehead atoms. The van der Waals surface area contributed by atoms with Crippen molar-refractivity contribution in [2.45, 2.75) is 13.8 Å². The molecule has 5 nitrogen and oxygen atoms in total. The van der Waals surface area contributed by atoms with E-state index in [1.54, 1.807) is 19.1 Å². The Hall–Kier alpha value is -2.01. The van der Waals surface area contributed by atoms with Crippen LogP contribution in [0.5, 0.6) is 0 Å². The van der Waals surface area contributed by atoms with E-state index >= 15 is 0 Å². The van der Waals surface area contributed by atoms with Crippen LogP contribution in [-0.4, -0.2) is 22.7 Å². The van der Waals surface area contributed by atoms with Crippen molar-refractivity contribution >= 4 is 23.4 Å². The summed E-state index contributed by atoms with van der Waals surface area (Å²) in [6, 6.07) is 7.25. The lowest BCUT2D eigenvalue weighted by atomic mass is 10.1. The van der Waals surface area contributed by atoms with Gasteiger partial charge in [-0.15, -0.1) is 0 Å². The zero-order valence-corrected chi connectivity index (χ0v) is 11.4. The van der Waals surface area contributed by atoms with Gasteiger partial charge in [-0.25, -0.2) is 9.78 Å².